The Morgan fingerprint density at radius 1 is 1.50 bits per heavy atom. The van der Waals surface area contributed by atoms with Gasteiger partial charge in [0.2, 0.25) is 11.9 Å². The molecular weight excluding hydrogens is 302 g/mol. The van der Waals surface area contributed by atoms with Gasteiger partial charge in [-0.1, -0.05) is 18.2 Å². The van der Waals surface area contributed by atoms with Crippen LogP contribution in [0.15, 0.2) is 18.5 Å². The van der Waals surface area contributed by atoms with Gasteiger partial charge in [-0.15, -0.1) is 0 Å². The van der Waals surface area contributed by atoms with Crippen molar-refractivity contribution in [2.45, 2.75) is 32.6 Å². The summed E-state index contributed by atoms with van der Waals surface area (Å²) in [4.78, 5) is 22.0. The molecule has 7 heteroatoms. The Balaban J connectivity index is 1.80. The molecule has 0 unspecified atom stereocenters. The second-order valence-corrected chi connectivity index (χ2v) is 5.82. The minimum absolute atomic E-state index is 0.263. The molecule has 22 heavy (non-hydrogen) atoms. The number of nitrogens with one attached hydrogen (secondary N) is 2. The van der Waals surface area contributed by atoms with Crippen LogP contribution in [0.25, 0.3) is 0 Å². The first-order chi connectivity index (χ1) is 10.6. The molecule has 1 fully saturated rings. The Labute approximate surface area is 136 Å². The predicted octanol–water partition coefficient (Wildman–Crippen LogP) is 2.89. The van der Waals surface area contributed by atoms with Crippen molar-refractivity contribution in [1.29, 1.82) is 0 Å². The SMILES string of the molecule is C=C(C)Nc1ncc(Cl)c(NCCCN2CCCCC2=O)n1. The van der Waals surface area contributed by atoms with Crippen molar-refractivity contribution in [1.82, 2.24) is 14.9 Å². The van der Waals surface area contributed by atoms with Crippen LogP contribution in [0.4, 0.5) is 11.8 Å². The molecule has 120 valence electrons. The smallest absolute Gasteiger partial charge is 0.228 e. The van der Waals surface area contributed by atoms with Gasteiger partial charge in [0, 0.05) is 31.8 Å². The number of rotatable bonds is 7. The third kappa shape index (κ3) is 4.87. The zero-order valence-electron chi connectivity index (χ0n) is 12.9. The lowest BCUT2D eigenvalue weighted by Crippen LogP contribution is -2.36. The highest BCUT2D eigenvalue weighted by Gasteiger charge is 2.17. The highest BCUT2D eigenvalue weighted by molar-refractivity contribution is 6.32. The van der Waals surface area contributed by atoms with Crippen molar-refractivity contribution in [2.24, 2.45) is 0 Å². The summed E-state index contributed by atoms with van der Waals surface area (Å²) in [7, 11) is 0. The standard InChI is InChI=1S/C15H22ClN5O/c1-11(2)19-15-18-10-12(16)14(20-15)17-7-5-9-21-8-4-3-6-13(21)22/h10H,1,3-9H2,2H3,(H2,17,18,19,20). The lowest BCUT2D eigenvalue weighted by atomic mass is 10.1. The summed E-state index contributed by atoms with van der Waals surface area (Å²) in [6.45, 7) is 7.93. The van der Waals surface area contributed by atoms with E-state index >= 15 is 0 Å². The summed E-state index contributed by atoms with van der Waals surface area (Å²) in [6, 6.07) is 0. The molecule has 0 atom stereocenters. The van der Waals surface area contributed by atoms with Crippen molar-refractivity contribution >= 4 is 29.3 Å². The fourth-order valence-corrected chi connectivity index (χ4v) is 2.47. The average Bonchev–Trinajstić information content (AvgIpc) is 2.48. The molecule has 2 rings (SSSR count). The van der Waals surface area contributed by atoms with Crippen LogP contribution < -0.4 is 10.6 Å². The molecule has 1 aliphatic heterocycles. The molecular formula is C15H22ClN5O. The predicted molar refractivity (Wildman–Crippen MR) is 89.0 cm³/mol. The molecule has 0 spiro atoms. The molecule has 2 N–H and O–H groups in total. The molecule has 1 aromatic heterocycles. The monoisotopic (exact) mass is 323 g/mol. The van der Waals surface area contributed by atoms with Gasteiger partial charge < -0.3 is 15.5 Å². The van der Waals surface area contributed by atoms with Gasteiger partial charge in [-0.25, -0.2) is 4.98 Å². The van der Waals surface area contributed by atoms with Crippen LogP contribution in [-0.4, -0.2) is 40.4 Å². The Bertz CT molecular complexity index is 549. The summed E-state index contributed by atoms with van der Waals surface area (Å²) >= 11 is 6.08. The van der Waals surface area contributed by atoms with E-state index in [1.54, 1.807) is 6.20 Å². The normalized spacial score (nSPS) is 14.8. The van der Waals surface area contributed by atoms with E-state index < -0.39 is 0 Å². The van der Waals surface area contributed by atoms with Gasteiger partial charge in [-0.05, 0) is 26.2 Å². The number of halogens is 1. The van der Waals surface area contributed by atoms with Crippen molar-refractivity contribution in [3.8, 4) is 0 Å². The van der Waals surface area contributed by atoms with Gasteiger partial charge in [0.1, 0.15) is 10.8 Å². The molecule has 1 saturated heterocycles. The van der Waals surface area contributed by atoms with E-state index in [4.69, 9.17) is 11.6 Å². The first-order valence-electron chi connectivity index (χ1n) is 7.53. The minimum atomic E-state index is 0.263. The highest BCUT2D eigenvalue weighted by Crippen LogP contribution is 2.20. The number of hydrogen-bond donors (Lipinski definition) is 2. The maximum absolute atomic E-state index is 11.7. The van der Waals surface area contributed by atoms with E-state index in [9.17, 15) is 4.79 Å². The first kappa shape index (κ1) is 16.5. The van der Waals surface area contributed by atoms with E-state index in [1.807, 2.05) is 11.8 Å². The zero-order valence-corrected chi connectivity index (χ0v) is 13.6. The number of carbonyl (C=O) groups is 1. The van der Waals surface area contributed by atoms with Crippen LogP contribution in [0.5, 0.6) is 0 Å². The highest BCUT2D eigenvalue weighted by atomic mass is 35.5. The fourth-order valence-electron chi connectivity index (χ4n) is 2.32. The summed E-state index contributed by atoms with van der Waals surface area (Å²) < 4.78 is 0. The molecule has 0 bridgehead atoms. The number of anilines is 2. The van der Waals surface area contributed by atoms with E-state index in [1.165, 1.54) is 0 Å². The Kier molecular flexibility index (Phi) is 6.00. The van der Waals surface area contributed by atoms with Crippen molar-refractivity contribution < 1.29 is 4.79 Å². The molecule has 0 saturated carbocycles. The summed E-state index contributed by atoms with van der Waals surface area (Å²) in [5.74, 6) is 1.32. The van der Waals surface area contributed by atoms with Gasteiger partial charge in [0.25, 0.3) is 0 Å². The van der Waals surface area contributed by atoms with Gasteiger partial charge >= 0.3 is 0 Å². The molecule has 0 aliphatic carbocycles. The number of allylic oxidation sites excluding steroid dienone is 1. The first-order valence-corrected chi connectivity index (χ1v) is 7.91. The van der Waals surface area contributed by atoms with Gasteiger partial charge in [-0.3, -0.25) is 4.79 Å². The molecule has 1 amide bonds. The second kappa shape index (κ2) is 7.98. The average molecular weight is 324 g/mol. The second-order valence-electron chi connectivity index (χ2n) is 5.41. The topological polar surface area (TPSA) is 70.2 Å². The molecule has 0 aromatic carbocycles. The number of aromatic nitrogens is 2. The van der Waals surface area contributed by atoms with Crippen LogP contribution in [-0.2, 0) is 4.79 Å². The molecule has 1 aromatic rings. The third-order valence-corrected chi connectivity index (χ3v) is 3.66. The number of likely N-dealkylation sites (tertiary alicyclic amines) is 1. The van der Waals surface area contributed by atoms with Crippen molar-refractivity contribution in [3.05, 3.63) is 23.5 Å². The molecule has 1 aliphatic rings. The largest absolute Gasteiger partial charge is 0.369 e. The quantitative estimate of drug-likeness (QED) is 0.755. The van der Waals surface area contributed by atoms with E-state index in [0.29, 0.717) is 29.8 Å². The van der Waals surface area contributed by atoms with Gasteiger partial charge in [0.05, 0.1) is 6.20 Å². The van der Waals surface area contributed by atoms with Crippen LogP contribution in [0, 0.1) is 0 Å². The Morgan fingerprint density at radius 3 is 3.05 bits per heavy atom. The zero-order chi connectivity index (χ0) is 15.9. The lowest BCUT2D eigenvalue weighted by molar-refractivity contribution is -0.133. The molecule has 0 radical (unpaired) electrons. The Morgan fingerprint density at radius 2 is 2.32 bits per heavy atom. The van der Waals surface area contributed by atoms with E-state index in [0.717, 1.165) is 38.0 Å². The maximum atomic E-state index is 11.7. The summed E-state index contributed by atoms with van der Waals surface area (Å²) in [6.07, 6.45) is 5.21. The van der Waals surface area contributed by atoms with E-state index in [2.05, 4.69) is 27.2 Å². The molecule has 6 nitrogen and oxygen atoms in total. The number of amides is 1. The van der Waals surface area contributed by atoms with Crippen LogP contribution in [0.1, 0.15) is 32.6 Å². The fraction of sp³-hybridized carbons (Fsp3) is 0.533. The maximum Gasteiger partial charge on any atom is 0.228 e. The number of carbonyl (C=O) groups excluding carboxylic acids is 1. The van der Waals surface area contributed by atoms with Gasteiger partial charge in [0.15, 0.2) is 0 Å². The van der Waals surface area contributed by atoms with E-state index in [-0.39, 0.29) is 5.91 Å². The molecule has 2 heterocycles. The summed E-state index contributed by atoms with van der Waals surface area (Å²) in [5.41, 5.74) is 0.761. The van der Waals surface area contributed by atoms with Crippen LogP contribution in [0.2, 0.25) is 5.02 Å². The third-order valence-electron chi connectivity index (χ3n) is 3.39. The van der Waals surface area contributed by atoms with Gasteiger partial charge in [-0.2, -0.15) is 4.98 Å². The number of nitrogens with zero attached hydrogens (tertiary/aromatic N) is 3. The minimum Gasteiger partial charge on any atom is -0.369 e. The summed E-state index contributed by atoms with van der Waals surface area (Å²) in [5, 5.41) is 6.62. The van der Waals surface area contributed by atoms with Crippen molar-refractivity contribution in [3.63, 3.8) is 0 Å². The van der Waals surface area contributed by atoms with Crippen LogP contribution in [0.3, 0.4) is 0 Å². The van der Waals surface area contributed by atoms with Crippen molar-refractivity contribution in [2.75, 3.05) is 30.3 Å². The number of hydrogen-bond acceptors (Lipinski definition) is 5. The number of piperidine rings is 1. The Hall–Kier alpha value is -1.82. The van der Waals surface area contributed by atoms with Crippen LogP contribution >= 0.6 is 11.6 Å². The lowest BCUT2D eigenvalue weighted by Gasteiger charge is -2.26.